The molecule has 0 spiro atoms. The number of Topliss-reactive ketones (excluding diaryl/α,β-unsaturated/α-hetero) is 1. The monoisotopic (exact) mass is 551 g/mol. The molecule has 1 aromatic carbocycles. The van der Waals surface area contributed by atoms with Crippen molar-refractivity contribution in [2.24, 2.45) is 34.0 Å². The Morgan fingerprint density at radius 2 is 1.98 bits per heavy atom. The van der Waals surface area contributed by atoms with Crippen LogP contribution in [0.25, 0.3) is 0 Å². The van der Waals surface area contributed by atoms with Crippen molar-refractivity contribution in [1.29, 1.82) is 0 Å². The lowest BCUT2D eigenvalue weighted by molar-refractivity contribution is -0.206. The Bertz CT molecular complexity index is 1200. The fraction of sp³-hybridized carbons (Fsp3) is 0.688. The van der Waals surface area contributed by atoms with Crippen LogP contribution in [0.15, 0.2) is 30.9 Å². The van der Waals surface area contributed by atoms with Crippen LogP contribution in [0.1, 0.15) is 84.8 Å². The van der Waals surface area contributed by atoms with Crippen LogP contribution in [0.2, 0.25) is 0 Å². The second-order valence-electron chi connectivity index (χ2n) is 14.1. The van der Waals surface area contributed by atoms with Gasteiger partial charge in [-0.2, -0.15) is 0 Å². The zero-order valence-electron chi connectivity index (χ0n) is 25.0. The lowest BCUT2D eigenvalue weighted by Gasteiger charge is -2.61. The van der Waals surface area contributed by atoms with E-state index in [4.69, 9.17) is 9.39 Å². The molecule has 40 heavy (non-hydrogen) atoms. The van der Waals surface area contributed by atoms with Gasteiger partial charge < -0.3 is 24.8 Å². The largest absolute Gasteiger partial charge is 0.492 e. The van der Waals surface area contributed by atoms with Gasteiger partial charge in [0.25, 0.3) is 0 Å². The van der Waals surface area contributed by atoms with Gasteiger partial charge in [0, 0.05) is 29.7 Å². The number of esters is 1. The van der Waals surface area contributed by atoms with Crippen molar-refractivity contribution in [3.8, 4) is 0 Å². The van der Waals surface area contributed by atoms with E-state index in [9.17, 15) is 19.7 Å². The number of fused-ring (bicyclic) bond motifs is 1. The van der Waals surface area contributed by atoms with Crippen LogP contribution in [0.3, 0.4) is 0 Å². The van der Waals surface area contributed by atoms with Crippen LogP contribution >= 0.6 is 0 Å². The summed E-state index contributed by atoms with van der Waals surface area (Å²) < 4.78 is 12.0. The molecule has 3 N–H and O–H groups in total. The Kier molecular flexibility index (Phi) is 7.43. The van der Waals surface area contributed by atoms with Crippen molar-refractivity contribution >= 4 is 24.3 Å². The van der Waals surface area contributed by atoms with Crippen LogP contribution in [-0.4, -0.2) is 47.8 Å². The van der Waals surface area contributed by atoms with Gasteiger partial charge in [-0.25, -0.2) is 0 Å². The third kappa shape index (κ3) is 4.41. The van der Waals surface area contributed by atoms with Crippen molar-refractivity contribution in [3.63, 3.8) is 0 Å². The topological polar surface area (TPSA) is 105 Å². The Morgan fingerprint density at radius 3 is 2.67 bits per heavy atom. The fourth-order valence-electron chi connectivity index (χ4n) is 8.89. The SMILES string of the molecule is C=C[C@]1(C)C[C@@H](OC(=O)CNCc2ccc3c(c2)B(O)OC3(C)C)[C@]2(C)[C@H](C)CC[C@]3(CCC(=O)[C@H]32)[C@@H](C)[C@@H]1O. The maximum Gasteiger partial charge on any atom is 0.492 e. The van der Waals surface area contributed by atoms with Crippen LogP contribution in [-0.2, 0) is 31.1 Å². The van der Waals surface area contributed by atoms with Gasteiger partial charge >= 0.3 is 13.1 Å². The molecular formula is C32H46BNO6. The average molecular weight is 552 g/mol. The van der Waals surface area contributed by atoms with Crippen LogP contribution < -0.4 is 10.8 Å². The second-order valence-corrected chi connectivity index (χ2v) is 14.1. The summed E-state index contributed by atoms with van der Waals surface area (Å²) in [5.41, 5.74) is 0.635. The number of ketones is 1. The number of aliphatic hydroxyl groups excluding tert-OH is 1. The van der Waals surface area contributed by atoms with Gasteiger partial charge in [-0.15, -0.1) is 6.58 Å². The Balaban J connectivity index is 1.35. The van der Waals surface area contributed by atoms with E-state index in [1.54, 1.807) is 0 Å². The molecule has 8 heteroatoms. The highest BCUT2D eigenvalue weighted by Crippen LogP contribution is 2.68. The summed E-state index contributed by atoms with van der Waals surface area (Å²) in [6.07, 6.45) is 4.19. The number of hydrogen-bond acceptors (Lipinski definition) is 7. The predicted octanol–water partition coefficient (Wildman–Crippen LogP) is 3.64. The third-order valence-corrected chi connectivity index (χ3v) is 11.6. The highest BCUT2D eigenvalue weighted by molar-refractivity contribution is 6.62. The number of aliphatic hydroxyl groups is 1. The minimum absolute atomic E-state index is 0.0100. The highest BCUT2D eigenvalue weighted by Gasteiger charge is 2.68. The smallest absolute Gasteiger partial charge is 0.461 e. The van der Waals surface area contributed by atoms with E-state index in [2.05, 4.69) is 32.7 Å². The number of hydrogen-bond donors (Lipinski definition) is 3. The van der Waals surface area contributed by atoms with E-state index in [1.165, 1.54) is 0 Å². The predicted molar refractivity (Wildman–Crippen MR) is 155 cm³/mol. The quantitative estimate of drug-likeness (QED) is 0.282. The van der Waals surface area contributed by atoms with Crippen molar-refractivity contribution in [2.75, 3.05) is 6.54 Å². The number of benzene rings is 1. The molecule has 0 saturated heterocycles. The molecule has 3 aliphatic carbocycles. The van der Waals surface area contributed by atoms with Crippen molar-refractivity contribution in [1.82, 2.24) is 5.32 Å². The molecule has 1 heterocycles. The number of carbonyl (C=O) groups excluding carboxylic acids is 2. The van der Waals surface area contributed by atoms with Crippen molar-refractivity contribution in [3.05, 3.63) is 42.0 Å². The molecule has 4 aliphatic rings. The third-order valence-electron chi connectivity index (χ3n) is 11.6. The summed E-state index contributed by atoms with van der Waals surface area (Å²) in [6.45, 7) is 16.8. The molecule has 0 aromatic heterocycles. The molecule has 0 radical (unpaired) electrons. The van der Waals surface area contributed by atoms with E-state index in [-0.39, 0.29) is 41.5 Å². The second kappa shape index (κ2) is 10.1. The van der Waals surface area contributed by atoms with Gasteiger partial charge in [-0.3, -0.25) is 9.59 Å². The minimum Gasteiger partial charge on any atom is -0.461 e. The fourth-order valence-corrected chi connectivity index (χ4v) is 8.89. The summed E-state index contributed by atoms with van der Waals surface area (Å²) in [6, 6.07) is 5.85. The molecule has 218 valence electrons. The molecule has 3 saturated carbocycles. The maximum absolute atomic E-state index is 13.5. The van der Waals surface area contributed by atoms with Crippen molar-refractivity contribution in [2.45, 2.75) is 98.0 Å². The summed E-state index contributed by atoms with van der Waals surface area (Å²) in [7, 11) is -0.963. The normalized spacial score (nSPS) is 40.1. The maximum atomic E-state index is 13.5. The number of nitrogens with one attached hydrogen (secondary N) is 1. The van der Waals surface area contributed by atoms with Gasteiger partial charge in [0.2, 0.25) is 0 Å². The van der Waals surface area contributed by atoms with E-state index in [1.807, 2.05) is 45.0 Å². The molecular weight excluding hydrogens is 505 g/mol. The Labute approximate surface area is 239 Å². The Morgan fingerprint density at radius 1 is 1.25 bits per heavy atom. The molecule has 7 nitrogen and oxygen atoms in total. The van der Waals surface area contributed by atoms with Gasteiger partial charge in [0.1, 0.15) is 11.9 Å². The molecule has 0 unspecified atom stereocenters. The van der Waals surface area contributed by atoms with Gasteiger partial charge in [-0.05, 0) is 73.4 Å². The van der Waals surface area contributed by atoms with Gasteiger partial charge in [0.05, 0.1) is 18.2 Å². The van der Waals surface area contributed by atoms with Crippen molar-refractivity contribution < 1.29 is 29.1 Å². The molecule has 3 fully saturated rings. The lowest BCUT2D eigenvalue weighted by Crippen LogP contribution is -2.63. The summed E-state index contributed by atoms with van der Waals surface area (Å²) >= 11 is 0. The zero-order valence-corrected chi connectivity index (χ0v) is 25.0. The molecule has 1 aromatic rings. The Hall–Kier alpha value is -2.00. The van der Waals surface area contributed by atoms with E-state index >= 15 is 0 Å². The summed E-state index contributed by atoms with van der Waals surface area (Å²) in [5, 5.41) is 25.2. The number of ether oxygens (including phenoxy) is 1. The first-order valence-corrected chi connectivity index (χ1v) is 14.9. The van der Waals surface area contributed by atoms with Crippen LogP contribution in [0.4, 0.5) is 0 Å². The minimum atomic E-state index is -0.963. The molecule has 2 bridgehead atoms. The first-order chi connectivity index (χ1) is 18.7. The zero-order chi connectivity index (χ0) is 29.3. The molecule has 5 rings (SSSR count). The van der Waals surface area contributed by atoms with E-state index < -0.39 is 35.8 Å². The van der Waals surface area contributed by atoms with Gasteiger partial charge in [-0.1, -0.05) is 52.0 Å². The lowest BCUT2D eigenvalue weighted by atomic mass is 9.44. The number of rotatable bonds is 6. The van der Waals surface area contributed by atoms with Crippen LogP contribution in [0, 0.1) is 34.0 Å². The van der Waals surface area contributed by atoms with E-state index in [0.29, 0.717) is 19.4 Å². The van der Waals surface area contributed by atoms with Gasteiger partial charge in [0.15, 0.2) is 0 Å². The summed E-state index contributed by atoms with van der Waals surface area (Å²) in [5.74, 6) is -0.225. The standard InChI is InChI=1S/C32H46BNO6/c1-8-30(6)16-25(31(7)19(2)11-13-32(20(3)28(30)37)14-12-24(35)27(31)32)39-26(36)18-34-17-21-9-10-22-23(15-21)33(38)40-29(22,4)5/h8-10,15,19-20,25,27-28,34,37-38H,1,11-14,16-18H2,2-7H3/t19-,20+,25-,27+,28+,30-,31+,32+/m1/s1. The molecule has 8 atom stereocenters. The highest BCUT2D eigenvalue weighted by atomic mass is 16.5. The number of carbonyl (C=O) groups is 2. The first kappa shape index (κ1) is 29.5. The van der Waals surface area contributed by atoms with Crippen LogP contribution in [0.5, 0.6) is 0 Å². The molecule has 1 aliphatic heterocycles. The first-order valence-electron chi connectivity index (χ1n) is 14.9. The molecule has 0 amide bonds. The van der Waals surface area contributed by atoms with E-state index in [0.717, 1.165) is 35.9 Å². The summed E-state index contributed by atoms with van der Waals surface area (Å²) in [4.78, 5) is 26.9. The average Bonchev–Trinajstić information content (AvgIpc) is 3.37.